The second-order valence-electron chi connectivity index (χ2n) is 9.03. The zero-order valence-corrected chi connectivity index (χ0v) is 20.4. The average molecular weight is 482 g/mol. The highest BCUT2D eigenvalue weighted by atomic mass is 16.5. The van der Waals surface area contributed by atoms with Crippen LogP contribution in [-0.4, -0.2) is 34.2 Å². The summed E-state index contributed by atoms with van der Waals surface area (Å²) in [6.45, 7) is 5.60. The standard InChI is InChI=1S/C28H27N5O3/c1-17-4-5-21(33-27(35)24-12-20(6-7-31-24)28(2,3)16-29)13-22(17)18-10-19-15-32-26(30)14-23(19)25(11-18)36-9-8-34/h4-7,10-15,34H,8-9H2,1-3H3,(H2,30,32)(H,33,35). The molecule has 0 aliphatic heterocycles. The predicted octanol–water partition coefficient (Wildman–Crippen LogP) is 4.61. The number of carbonyl (C=O) groups is 1. The lowest BCUT2D eigenvalue weighted by Gasteiger charge is -2.16. The van der Waals surface area contributed by atoms with Crippen LogP contribution in [0, 0.1) is 18.3 Å². The molecule has 0 aliphatic rings. The maximum Gasteiger partial charge on any atom is 0.274 e. The molecule has 0 aliphatic carbocycles. The zero-order valence-electron chi connectivity index (χ0n) is 20.4. The topological polar surface area (TPSA) is 134 Å². The molecule has 0 saturated carbocycles. The summed E-state index contributed by atoms with van der Waals surface area (Å²) in [7, 11) is 0. The van der Waals surface area contributed by atoms with Crippen molar-refractivity contribution in [2.24, 2.45) is 0 Å². The SMILES string of the molecule is Cc1ccc(NC(=O)c2cc(C(C)(C)C#N)ccn2)cc1-c1cc(OCCO)c2cc(N)ncc2c1. The molecular weight excluding hydrogens is 454 g/mol. The van der Waals surface area contributed by atoms with Gasteiger partial charge in [-0.25, -0.2) is 4.98 Å². The highest BCUT2D eigenvalue weighted by molar-refractivity contribution is 6.03. The van der Waals surface area contributed by atoms with Gasteiger partial charge in [0, 0.05) is 28.9 Å². The van der Waals surface area contributed by atoms with Gasteiger partial charge in [0.05, 0.1) is 18.1 Å². The molecule has 8 nitrogen and oxygen atoms in total. The van der Waals surface area contributed by atoms with Gasteiger partial charge in [0.1, 0.15) is 23.9 Å². The van der Waals surface area contributed by atoms with E-state index in [0.717, 1.165) is 33.0 Å². The Bertz CT molecular complexity index is 1490. The molecular formula is C28H27N5O3. The number of pyridine rings is 2. The van der Waals surface area contributed by atoms with Gasteiger partial charge in [-0.2, -0.15) is 5.26 Å². The van der Waals surface area contributed by atoms with Crippen LogP contribution in [0.2, 0.25) is 0 Å². The third-order valence-corrected chi connectivity index (χ3v) is 5.97. The van der Waals surface area contributed by atoms with Crippen LogP contribution in [-0.2, 0) is 5.41 Å². The summed E-state index contributed by atoms with van der Waals surface area (Å²) in [6.07, 6.45) is 3.22. The van der Waals surface area contributed by atoms with Crippen molar-refractivity contribution < 1.29 is 14.6 Å². The maximum absolute atomic E-state index is 13.0. The molecule has 4 N–H and O–H groups in total. The van der Waals surface area contributed by atoms with E-state index in [1.165, 1.54) is 6.20 Å². The molecule has 0 fully saturated rings. The molecule has 2 aromatic carbocycles. The lowest BCUT2D eigenvalue weighted by atomic mass is 9.86. The Hall–Kier alpha value is -4.48. The number of nitrogens with one attached hydrogen (secondary N) is 1. The van der Waals surface area contributed by atoms with Crippen molar-refractivity contribution in [2.75, 3.05) is 24.3 Å². The van der Waals surface area contributed by atoms with Crippen LogP contribution >= 0.6 is 0 Å². The summed E-state index contributed by atoms with van der Waals surface area (Å²) in [5.74, 6) is 0.590. The van der Waals surface area contributed by atoms with Gasteiger partial charge < -0.3 is 20.9 Å². The van der Waals surface area contributed by atoms with Crippen LogP contribution in [0.1, 0.15) is 35.5 Å². The molecule has 0 bridgehead atoms. The van der Waals surface area contributed by atoms with E-state index < -0.39 is 5.41 Å². The molecule has 182 valence electrons. The number of aliphatic hydroxyl groups excluding tert-OH is 1. The normalized spacial score (nSPS) is 11.2. The molecule has 0 atom stereocenters. The predicted molar refractivity (Wildman–Crippen MR) is 140 cm³/mol. The van der Waals surface area contributed by atoms with E-state index in [1.54, 1.807) is 38.2 Å². The quantitative estimate of drug-likeness (QED) is 0.351. The van der Waals surface area contributed by atoms with Crippen molar-refractivity contribution in [3.8, 4) is 22.9 Å². The number of nitriles is 1. The lowest BCUT2D eigenvalue weighted by molar-refractivity contribution is 0.102. The van der Waals surface area contributed by atoms with Crippen molar-refractivity contribution in [3.05, 3.63) is 77.7 Å². The van der Waals surface area contributed by atoms with Crippen molar-refractivity contribution in [3.63, 3.8) is 0 Å². The maximum atomic E-state index is 13.0. The van der Waals surface area contributed by atoms with Crippen molar-refractivity contribution in [2.45, 2.75) is 26.2 Å². The van der Waals surface area contributed by atoms with Gasteiger partial charge in [-0.15, -0.1) is 0 Å². The molecule has 0 saturated heterocycles. The number of benzene rings is 2. The number of nitrogens with zero attached hydrogens (tertiary/aromatic N) is 3. The number of fused-ring (bicyclic) bond motifs is 1. The first-order chi connectivity index (χ1) is 17.2. The first-order valence-electron chi connectivity index (χ1n) is 11.4. The Balaban J connectivity index is 1.69. The molecule has 0 radical (unpaired) electrons. The summed E-state index contributed by atoms with van der Waals surface area (Å²) in [6, 6.07) is 16.9. The number of carbonyl (C=O) groups excluding carboxylic acids is 1. The third kappa shape index (κ3) is 5.11. The molecule has 2 aromatic heterocycles. The van der Waals surface area contributed by atoms with Crippen LogP contribution in [0.15, 0.2) is 60.9 Å². The minimum absolute atomic E-state index is 0.117. The van der Waals surface area contributed by atoms with E-state index >= 15 is 0 Å². The number of amides is 1. The van der Waals surface area contributed by atoms with Crippen LogP contribution in [0.5, 0.6) is 5.75 Å². The first kappa shape index (κ1) is 24.6. The number of ether oxygens (including phenoxy) is 1. The molecule has 0 unspecified atom stereocenters. The van der Waals surface area contributed by atoms with Crippen molar-refractivity contribution in [1.29, 1.82) is 5.26 Å². The van der Waals surface area contributed by atoms with E-state index in [-0.39, 0.29) is 24.8 Å². The van der Waals surface area contributed by atoms with Gasteiger partial charge in [0.25, 0.3) is 5.91 Å². The van der Waals surface area contributed by atoms with E-state index in [9.17, 15) is 15.2 Å². The number of nitrogen functional groups attached to an aromatic ring is 1. The minimum Gasteiger partial charge on any atom is -0.491 e. The number of hydrogen-bond acceptors (Lipinski definition) is 7. The highest BCUT2D eigenvalue weighted by Crippen LogP contribution is 2.35. The van der Waals surface area contributed by atoms with Crippen LogP contribution in [0.4, 0.5) is 11.5 Å². The van der Waals surface area contributed by atoms with Gasteiger partial charge in [-0.3, -0.25) is 9.78 Å². The van der Waals surface area contributed by atoms with E-state index in [0.29, 0.717) is 17.3 Å². The molecule has 1 amide bonds. The van der Waals surface area contributed by atoms with Crippen molar-refractivity contribution in [1.82, 2.24) is 9.97 Å². The zero-order chi connectivity index (χ0) is 25.9. The largest absolute Gasteiger partial charge is 0.491 e. The number of aliphatic hydroxyl groups is 1. The third-order valence-electron chi connectivity index (χ3n) is 5.97. The van der Waals surface area contributed by atoms with Gasteiger partial charge in [-0.05, 0) is 85.5 Å². The van der Waals surface area contributed by atoms with Gasteiger partial charge in [0.2, 0.25) is 0 Å². The second-order valence-corrected chi connectivity index (χ2v) is 9.03. The summed E-state index contributed by atoms with van der Waals surface area (Å²) in [4.78, 5) is 21.4. The first-order valence-corrected chi connectivity index (χ1v) is 11.4. The van der Waals surface area contributed by atoms with E-state index in [2.05, 4.69) is 21.4 Å². The van der Waals surface area contributed by atoms with Crippen molar-refractivity contribution >= 4 is 28.2 Å². The number of hydrogen-bond donors (Lipinski definition) is 3. The summed E-state index contributed by atoms with van der Waals surface area (Å²) in [5, 5.41) is 23.2. The Morgan fingerprint density at radius 3 is 2.72 bits per heavy atom. The van der Waals surface area contributed by atoms with Crippen LogP contribution in [0.25, 0.3) is 21.9 Å². The van der Waals surface area contributed by atoms with Gasteiger partial charge in [0.15, 0.2) is 0 Å². The number of aromatic nitrogens is 2. The molecule has 0 spiro atoms. The Labute approximate surface area is 209 Å². The second kappa shape index (κ2) is 10.0. The van der Waals surface area contributed by atoms with Gasteiger partial charge in [-0.1, -0.05) is 6.07 Å². The summed E-state index contributed by atoms with van der Waals surface area (Å²) in [5.41, 5.74) is 9.44. The molecule has 2 heterocycles. The minimum atomic E-state index is -0.736. The number of aryl methyl sites for hydroxylation is 1. The molecule has 36 heavy (non-hydrogen) atoms. The Morgan fingerprint density at radius 1 is 1.17 bits per heavy atom. The van der Waals surface area contributed by atoms with Gasteiger partial charge >= 0.3 is 0 Å². The number of nitrogens with two attached hydrogens (primary N) is 1. The Kier molecular flexibility index (Phi) is 6.86. The fraction of sp³-hybridized carbons (Fsp3) is 0.214. The molecule has 8 heteroatoms. The highest BCUT2D eigenvalue weighted by Gasteiger charge is 2.21. The smallest absolute Gasteiger partial charge is 0.274 e. The molecule has 4 rings (SSSR count). The number of rotatable bonds is 7. The monoisotopic (exact) mass is 481 g/mol. The average Bonchev–Trinajstić information content (AvgIpc) is 2.88. The van der Waals surface area contributed by atoms with Crippen LogP contribution < -0.4 is 15.8 Å². The fourth-order valence-electron chi connectivity index (χ4n) is 3.88. The van der Waals surface area contributed by atoms with E-state index in [4.69, 9.17) is 10.5 Å². The summed E-state index contributed by atoms with van der Waals surface area (Å²) < 4.78 is 5.79. The fourth-order valence-corrected chi connectivity index (χ4v) is 3.88. The van der Waals surface area contributed by atoms with E-state index in [1.807, 2.05) is 37.3 Å². The Morgan fingerprint density at radius 2 is 1.97 bits per heavy atom. The van der Waals surface area contributed by atoms with Crippen LogP contribution in [0.3, 0.4) is 0 Å². The summed E-state index contributed by atoms with van der Waals surface area (Å²) >= 11 is 0. The lowest BCUT2D eigenvalue weighted by Crippen LogP contribution is -2.18. The molecule has 4 aromatic rings. The number of anilines is 2.